The van der Waals surface area contributed by atoms with Crippen LogP contribution in [-0.2, 0) is 0 Å². The van der Waals surface area contributed by atoms with Gasteiger partial charge in [0, 0.05) is 5.54 Å². The van der Waals surface area contributed by atoms with Crippen LogP contribution in [0.4, 0.5) is 4.39 Å². The van der Waals surface area contributed by atoms with E-state index in [0.717, 1.165) is 30.6 Å². The maximum Gasteiger partial charge on any atom is 0.123 e. The van der Waals surface area contributed by atoms with Crippen molar-refractivity contribution in [3.63, 3.8) is 0 Å². The summed E-state index contributed by atoms with van der Waals surface area (Å²) in [6, 6.07) is 4.89. The maximum absolute atomic E-state index is 13.7. The molecule has 118 valence electrons. The fraction of sp³-hybridized carbons (Fsp3) is 0.647. The van der Waals surface area contributed by atoms with Crippen LogP contribution in [0.1, 0.15) is 56.7 Å². The van der Waals surface area contributed by atoms with Gasteiger partial charge in [-0.25, -0.2) is 4.39 Å². The highest BCUT2D eigenvalue weighted by molar-refractivity contribution is 5.32. The molecule has 2 rings (SSSR count). The molecular formula is C17H28FN3. The van der Waals surface area contributed by atoms with Crippen molar-refractivity contribution in [3.8, 4) is 0 Å². The average molecular weight is 293 g/mol. The Kier molecular flexibility index (Phi) is 5.36. The molecular weight excluding hydrogens is 265 g/mol. The summed E-state index contributed by atoms with van der Waals surface area (Å²) < 4.78 is 13.7. The van der Waals surface area contributed by atoms with Gasteiger partial charge in [0.25, 0.3) is 0 Å². The van der Waals surface area contributed by atoms with Crippen molar-refractivity contribution in [3.05, 3.63) is 35.1 Å². The predicted octanol–water partition coefficient (Wildman–Crippen LogP) is 3.29. The first-order valence-corrected chi connectivity index (χ1v) is 8.00. The highest BCUT2D eigenvalue weighted by Crippen LogP contribution is 2.37. The van der Waals surface area contributed by atoms with Crippen molar-refractivity contribution in [2.24, 2.45) is 5.84 Å². The minimum atomic E-state index is -0.201. The van der Waals surface area contributed by atoms with Gasteiger partial charge in [-0.05, 0) is 69.5 Å². The van der Waals surface area contributed by atoms with Gasteiger partial charge in [0.15, 0.2) is 0 Å². The Hall–Kier alpha value is -0.970. The monoisotopic (exact) mass is 293 g/mol. The van der Waals surface area contributed by atoms with E-state index in [1.54, 1.807) is 6.07 Å². The third kappa shape index (κ3) is 3.28. The molecule has 0 amide bonds. The second-order valence-electron chi connectivity index (χ2n) is 6.36. The number of halogens is 1. The Morgan fingerprint density at radius 1 is 1.33 bits per heavy atom. The maximum atomic E-state index is 13.7. The van der Waals surface area contributed by atoms with Crippen LogP contribution in [-0.4, -0.2) is 23.5 Å². The molecule has 1 heterocycles. The summed E-state index contributed by atoms with van der Waals surface area (Å²) in [5.74, 6) is 5.69. The molecule has 2 atom stereocenters. The lowest BCUT2D eigenvalue weighted by atomic mass is 9.80. The highest BCUT2D eigenvalue weighted by Gasteiger charge is 2.39. The smallest absolute Gasteiger partial charge is 0.123 e. The molecule has 4 heteroatoms. The molecule has 1 saturated heterocycles. The molecule has 1 fully saturated rings. The summed E-state index contributed by atoms with van der Waals surface area (Å²) in [6.07, 6.45) is 4.73. The summed E-state index contributed by atoms with van der Waals surface area (Å²) in [5.41, 5.74) is 4.91. The standard InChI is InChI=1S/C17H28FN3/c1-4-17(3,21-10-6-5-7-11-21)16(20-19)15-12-14(18)9-8-13(15)2/h8-9,12,16,20H,4-7,10-11,19H2,1-3H3. The first-order chi connectivity index (χ1) is 10.0. The molecule has 0 spiro atoms. The first kappa shape index (κ1) is 16.4. The topological polar surface area (TPSA) is 41.3 Å². The SMILES string of the molecule is CCC(C)(C(NN)c1cc(F)ccc1C)N1CCCCC1. The number of rotatable bonds is 5. The third-order valence-electron chi connectivity index (χ3n) is 5.14. The van der Waals surface area contributed by atoms with Crippen LogP contribution in [0.25, 0.3) is 0 Å². The van der Waals surface area contributed by atoms with E-state index < -0.39 is 0 Å². The number of hydrogen-bond donors (Lipinski definition) is 2. The van der Waals surface area contributed by atoms with Crippen LogP contribution < -0.4 is 11.3 Å². The van der Waals surface area contributed by atoms with Gasteiger partial charge in [-0.2, -0.15) is 0 Å². The number of aryl methyl sites for hydroxylation is 1. The van der Waals surface area contributed by atoms with Gasteiger partial charge in [-0.3, -0.25) is 16.2 Å². The molecule has 1 aliphatic heterocycles. The molecule has 3 nitrogen and oxygen atoms in total. The van der Waals surface area contributed by atoms with E-state index in [2.05, 4.69) is 24.2 Å². The van der Waals surface area contributed by atoms with E-state index >= 15 is 0 Å². The minimum absolute atomic E-state index is 0.0729. The van der Waals surface area contributed by atoms with Crippen LogP contribution in [0.15, 0.2) is 18.2 Å². The van der Waals surface area contributed by atoms with Crippen molar-refractivity contribution in [1.29, 1.82) is 0 Å². The van der Waals surface area contributed by atoms with Gasteiger partial charge in [0.05, 0.1) is 6.04 Å². The molecule has 0 aromatic heterocycles. The zero-order valence-corrected chi connectivity index (χ0v) is 13.5. The van der Waals surface area contributed by atoms with Gasteiger partial charge in [0.2, 0.25) is 0 Å². The van der Waals surface area contributed by atoms with Crippen molar-refractivity contribution in [2.75, 3.05) is 13.1 Å². The number of likely N-dealkylation sites (tertiary alicyclic amines) is 1. The van der Waals surface area contributed by atoms with Crippen molar-refractivity contribution < 1.29 is 4.39 Å². The van der Waals surface area contributed by atoms with Crippen LogP contribution in [0, 0.1) is 12.7 Å². The van der Waals surface area contributed by atoms with E-state index in [0.29, 0.717) is 0 Å². The van der Waals surface area contributed by atoms with Crippen LogP contribution >= 0.6 is 0 Å². The number of nitrogens with one attached hydrogen (secondary N) is 1. The molecule has 3 N–H and O–H groups in total. The van der Waals surface area contributed by atoms with Gasteiger partial charge in [0.1, 0.15) is 5.82 Å². The second-order valence-corrected chi connectivity index (χ2v) is 6.36. The largest absolute Gasteiger partial charge is 0.296 e. The van der Waals surface area contributed by atoms with Crippen molar-refractivity contribution >= 4 is 0 Å². The lowest BCUT2D eigenvalue weighted by Gasteiger charge is -2.48. The van der Waals surface area contributed by atoms with Crippen LogP contribution in [0.5, 0.6) is 0 Å². The summed E-state index contributed by atoms with van der Waals surface area (Å²) in [7, 11) is 0. The average Bonchev–Trinajstić information content (AvgIpc) is 2.52. The molecule has 1 aliphatic rings. The van der Waals surface area contributed by atoms with E-state index in [9.17, 15) is 4.39 Å². The van der Waals surface area contributed by atoms with Crippen molar-refractivity contribution in [1.82, 2.24) is 10.3 Å². The molecule has 0 radical (unpaired) electrons. The van der Waals surface area contributed by atoms with Gasteiger partial charge >= 0.3 is 0 Å². The fourth-order valence-corrected chi connectivity index (χ4v) is 3.54. The first-order valence-electron chi connectivity index (χ1n) is 8.00. The van der Waals surface area contributed by atoms with E-state index in [-0.39, 0.29) is 17.4 Å². The number of hydrazine groups is 1. The highest BCUT2D eigenvalue weighted by atomic mass is 19.1. The van der Waals surface area contributed by atoms with Gasteiger partial charge in [-0.1, -0.05) is 19.4 Å². The molecule has 0 aliphatic carbocycles. The molecule has 2 unspecified atom stereocenters. The van der Waals surface area contributed by atoms with E-state index in [1.807, 2.05) is 13.0 Å². The van der Waals surface area contributed by atoms with E-state index in [4.69, 9.17) is 5.84 Å². The number of nitrogens with two attached hydrogens (primary N) is 1. The Bertz CT molecular complexity index is 471. The number of benzene rings is 1. The predicted molar refractivity (Wildman–Crippen MR) is 85.3 cm³/mol. The van der Waals surface area contributed by atoms with Crippen LogP contribution in [0.2, 0.25) is 0 Å². The number of piperidine rings is 1. The minimum Gasteiger partial charge on any atom is -0.296 e. The zero-order chi connectivity index (χ0) is 15.5. The molecule has 0 bridgehead atoms. The molecule has 1 aromatic carbocycles. The number of hydrogen-bond acceptors (Lipinski definition) is 3. The lowest BCUT2D eigenvalue weighted by Crippen LogP contribution is -2.57. The Morgan fingerprint density at radius 3 is 2.57 bits per heavy atom. The molecule has 1 aromatic rings. The van der Waals surface area contributed by atoms with Crippen LogP contribution in [0.3, 0.4) is 0 Å². The Morgan fingerprint density at radius 2 is 2.00 bits per heavy atom. The van der Waals surface area contributed by atoms with E-state index in [1.165, 1.54) is 25.3 Å². The summed E-state index contributed by atoms with van der Waals surface area (Å²) in [4.78, 5) is 2.52. The fourth-order valence-electron chi connectivity index (χ4n) is 3.54. The quantitative estimate of drug-likeness (QED) is 0.646. The summed E-state index contributed by atoms with van der Waals surface area (Å²) >= 11 is 0. The Labute approximate surface area is 127 Å². The van der Waals surface area contributed by atoms with Gasteiger partial charge < -0.3 is 0 Å². The second kappa shape index (κ2) is 6.86. The number of nitrogens with zero attached hydrogens (tertiary/aromatic N) is 1. The summed E-state index contributed by atoms with van der Waals surface area (Å²) in [6.45, 7) is 8.64. The Balaban J connectivity index is 2.38. The van der Waals surface area contributed by atoms with Crippen molar-refractivity contribution in [2.45, 2.75) is 58.0 Å². The zero-order valence-electron chi connectivity index (χ0n) is 13.5. The molecule has 21 heavy (non-hydrogen) atoms. The third-order valence-corrected chi connectivity index (χ3v) is 5.14. The normalized spacial score (nSPS) is 21.0. The van der Waals surface area contributed by atoms with Gasteiger partial charge in [-0.15, -0.1) is 0 Å². The lowest BCUT2D eigenvalue weighted by molar-refractivity contribution is 0.0421. The molecule has 0 saturated carbocycles. The summed E-state index contributed by atoms with van der Waals surface area (Å²) in [5, 5.41) is 0.